The van der Waals surface area contributed by atoms with Crippen molar-refractivity contribution >= 4 is 22.6 Å². The van der Waals surface area contributed by atoms with Gasteiger partial charge >= 0.3 is 0 Å². The van der Waals surface area contributed by atoms with Gasteiger partial charge in [0.05, 0.1) is 0 Å². The number of hydrogen-bond acceptors (Lipinski definition) is 2. The molecule has 0 radical (unpaired) electrons. The van der Waals surface area contributed by atoms with Crippen LogP contribution in [0.25, 0.3) is 11.0 Å². The Labute approximate surface area is 125 Å². The van der Waals surface area contributed by atoms with Crippen molar-refractivity contribution in [2.75, 3.05) is 6.54 Å². The van der Waals surface area contributed by atoms with Crippen LogP contribution in [0.15, 0.2) is 28.7 Å². The number of para-hydroxylation sites is 1. The fraction of sp³-hybridized carbons (Fsp3) is 0.529. The Bertz CT molecular complexity index is 569. The van der Waals surface area contributed by atoms with Gasteiger partial charge in [0.1, 0.15) is 5.58 Å². The van der Waals surface area contributed by atoms with E-state index in [1.807, 2.05) is 18.2 Å². The molecule has 1 aromatic carbocycles. The fourth-order valence-electron chi connectivity index (χ4n) is 3.17. The highest BCUT2D eigenvalue weighted by molar-refractivity contribution is 6.30. The van der Waals surface area contributed by atoms with E-state index in [1.54, 1.807) is 0 Å². The molecule has 0 atom stereocenters. The molecule has 3 rings (SSSR count). The number of benzene rings is 1. The van der Waals surface area contributed by atoms with Crippen molar-refractivity contribution < 1.29 is 4.42 Å². The minimum Gasteiger partial charge on any atom is -0.444 e. The van der Waals surface area contributed by atoms with Gasteiger partial charge in [0.2, 0.25) is 0 Å². The second kappa shape index (κ2) is 6.19. The molecule has 0 saturated heterocycles. The van der Waals surface area contributed by atoms with E-state index < -0.39 is 0 Å². The van der Waals surface area contributed by atoms with Crippen molar-refractivity contribution in [1.82, 2.24) is 5.32 Å². The Morgan fingerprint density at radius 1 is 1.20 bits per heavy atom. The van der Waals surface area contributed by atoms with Crippen LogP contribution < -0.4 is 5.32 Å². The van der Waals surface area contributed by atoms with Gasteiger partial charge in [-0.2, -0.15) is 0 Å². The minimum atomic E-state index is 0.524. The molecule has 2 nitrogen and oxygen atoms in total. The lowest BCUT2D eigenvalue weighted by Gasteiger charge is -2.26. The van der Waals surface area contributed by atoms with E-state index in [0.717, 1.165) is 41.5 Å². The van der Waals surface area contributed by atoms with Crippen LogP contribution in [-0.4, -0.2) is 6.54 Å². The third-order valence-corrected chi connectivity index (χ3v) is 4.82. The minimum absolute atomic E-state index is 0.524. The molecule has 1 saturated carbocycles. The summed E-state index contributed by atoms with van der Waals surface area (Å²) in [5, 5.41) is 5.21. The van der Waals surface area contributed by atoms with Crippen LogP contribution in [0.4, 0.5) is 0 Å². The molecular formula is C17H22ClNO. The summed E-state index contributed by atoms with van der Waals surface area (Å²) in [6.45, 7) is 4.24. The van der Waals surface area contributed by atoms with Gasteiger partial charge in [-0.05, 0) is 48.9 Å². The van der Waals surface area contributed by atoms with Crippen molar-refractivity contribution in [1.29, 1.82) is 0 Å². The van der Waals surface area contributed by atoms with Gasteiger partial charge in [0.15, 0.2) is 5.22 Å². The van der Waals surface area contributed by atoms with Gasteiger partial charge in [-0.1, -0.05) is 38.0 Å². The van der Waals surface area contributed by atoms with Gasteiger partial charge in [0.25, 0.3) is 0 Å². The maximum Gasteiger partial charge on any atom is 0.199 e. The smallest absolute Gasteiger partial charge is 0.199 e. The lowest BCUT2D eigenvalue weighted by atomic mass is 9.83. The lowest BCUT2D eigenvalue weighted by Crippen LogP contribution is -2.25. The molecule has 2 aromatic rings. The summed E-state index contributed by atoms with van der Waals surface area (Å²) in [6.07, 6.45) is 5.46. The number of rotatable bonds is 4. The molecule has 1 fully saturated rings. The van der Waals surface area contributed by atoms with Crippen LogP contribution in [0.3, 0.4) is 0 Å². The molecule has 108 valence electrons. The number of hydrogen-bond donors (Lipinski definition) is 1. The summed E-state index contributed by atoms with van der Waals surface area (Å²) < 4.78 is 5.58. The lowest BCUT2D eigenvalue weighted by molar-refractivity contribution is 0.281. The quantitative estimate of drug-likeness (QED) is 0.857. The van der Waals surface area contributed by atoms with E-state index in [2.05, 4.69) is 18.3 Å². The van der Waals surface area contributed by atoms with Crippen LogP contribution in [-0.2, 0) is 6.54 Å². The number of nitrogens with one attached hydrogen (secondary N) is 1. The zero-order valence-corrected chi connectivity index (χ0v) is 12.7. The highest BCUT2D eigenvalue weighted by Crippen LogP contribution is 2.30. The summed E-state index contributed by atoms with van der Waals surface area (Å²) in [7, 11) is 0. The summed E-state index contributed by atoms with van der Waals surface area (Å²) in [6, 6.07) is 8.04. The zero-order chi connectivity index (χ0) is 13.9. The highest BCUT2D eigenvalue weighted by atomic mass is 35.5. The molecule has 0 amide bonds. The molecule has 0 spiro atoms. The first-order valence-electron chi connectivity index (χ1n) is 7.60. The molecule has 0 aliphatic heterocycles. The Morgan fingerprint density at radius 3 is 2.75 bits per heavy atom. The maximum absolute atomic E-state index is 6.20. The SMILES string of the molecule is CC1CCC(CNCc2c(Cl)oc3ccccc23)CC1. The van der Waals surface area contributed by atoms with Crippen LogP contribution in [0, 0.1) is 11.8 Å². The Morgan fingerprint density at radius 2 is 1.95 bits per heavy atom. The largest absolute Gasteiger partial charge is 0.444 e. The Balaban J connectivity index is 1.59. The van der Waals surface area contributed by atoms with Gasteiger partial charge in [-0.3, -0.25) is 0 Å². The first-order chi connectivity index (χ1) is 9.74. The molecule has 20 heavy (non-hydrogen) atoms. The maximum atomic E-state index is 6.20. The van der Waals surface area contributed by atoms with Crippen LogP contribution in [0.5, 0.6) is 0 Å². The van der Waals surface area contributed by atoms with Gasteiger partial charge in [-0.25, -0.2) is 0 Å². The molecule has 1 N–H and O–H groups in total. The predicted molar refractivity (Wildman–Crippen MR) is 84.1 cm³/mol. The summed E-state index contributed by atoms with van der Waals surface area (Å²) in [4.78, 5) is 0. The fourth-order valence-corrected chi connectivity index (χ4v) is 3.42. The summed E-state index contributed by atoms with van der Waals surface area (Å²) in [5.74, 6) is 1.74. The molecule has 3 heteroatoms. The summed E-state index contributed by atoms with van der Waals surface area (Å²) >= 11 is 6.20. The standard InChI is InChI=1S/C17H22ClNO/c1-12-6-8-13(9-7-12)10-19-11-15-14-4-2-3-5-16(14)20-17(15)18/h2-5,12-13,19H,6-11H2,1H3. The summed E-state index contributed by atoms with van der Waals surface area (Å²) in [5.41, 5.74) is 1.97. The first kappa shape index (κ1) is 14.0. The molecule has 1 heterocycles. The first-order valence-corrected chi connectivity index (χ1v) is 7.98. The highest BCUT2D eigenvalue weighted by Gasteiger charge is 2.18. The van der Waals surface area contributed by atoms with E-state index in [0.29, 0.717) is 5.22 Å². The van der Waals surface area contributed by atoms with Gasteiger partial charge in [-0.15, -0.1) is 0 Å². The molecule has 1 aliphatic carbocycles. The third kappa shape index (κ3) is 3.02. The molecule has 0 bridgehead atoms. The molecule has 0 unspecified atom stereocenters. The zero-order valence-electron chi connectivity index (χ0n) is 12.0. The number of furan rings is 1. The third-order valence-electron chi connectivity index (χ3n) is 4.52. The Kier molecular flexibility index (Phi) is 4.32. The molecular weight excluding hydrogens is 270 g/mol. The second-order valence-corrected chi connectivity index (χ2v) is 6.45. The Hall–Kier alpha value is -0.990. The van der Waals surface area contributed by atoms with E-state index in [1.165, 1.54) is 25.7 Å². The monoisotopic (exact) mass is 291 g/mol. The van der Waals surface area contributed by atoms with E-state index in [4.69, 9.17) is 16.0 Å². The molecule has 1 aromatic heterocycles. The normalized spacial score (nSPS) is 23.3. The molecule has 1 aliphatic rings. The second-order valence-electron chi connectivity index (χ2n) is 6.11. The van der Waals surface area contributed by atoms with Crippen molar-refractivity contribution in [3.8, 4) is 0 Å². The van der Waals surface area contributed by atoms with Crippen LogP contribution in [0.1, 0.15) is 38.2 Å². The van der Waals surface area contributed by atoms with Crippen LogP contribution >= 0.6 is 11.6 Å². The van der Waals surface area contributed by atoms with Crippen molar-refractivity contribution in [2.45, 2.75) is 39.2 Å². The topological polar surface area (TPSA) is 25.2 Å². The van der Waals surface area contributed by atoms with Crippen molar-refractivity contribution in [3.63, 3.8) is 0 Å². The van der Waals surface area contributed by atoms with Gasteiger partial charge < -0.3 is 9.73 Å². The average molecular weight is 292 g/mol. The predicted octanol–water partition coefficient (Wildman–Crippen LogP) is 5.00. The average Bonchev–Trinajstić information content (AvgIpc) is 2.77. The van der Waals surface area contributed by atoms with Crippen molar-refractivity contribution in [2.24, 2.45) is 11.8 Å². The number of fused-ring (bicyclic) bond motifs is 1. The van der Waals surface area contributed by atoms with Crippen LogP contribution in [0.2, 0.25) is 5.22 Å². The van der Waals surface area contributed by atoms with E-state index in [-0.39, 0.29) is 0 Å². The van der Waals surface area contributed by atoms with E-state index in [9.17, 15) is 0 Å². The van der Waals surface area contributed by atoms with E-state index >= 15 is 0 Å². The number of halogens is 1. The van der Waals surface area contributed by atoms with Crippen molar-refractivity contribution in [3.05, 3.63) is 35.0 Å². The van der Waals surface area contributed by atoms with Gasteiger partial charge in [0, 0.05) is 17.5 Å².